The highest BCUT2D eigenvalue weighted by molar-refractivity contribution is 5.91. The fourth-order valence-corrected chi connectivity index (χ4v) is 1.02. The van der Waals surface area contributed by atoms with E-state index >= 15 is 0 Å². The molecule has 1 aromatic rings. The van der Waals surface area contributed by atoms with Gasteiger partial charge in [-0.15, -0.1) is 0 Å². The number of carbonyl (C=O) groups is 1. The topological polar surface area (TPSA) is 49.0 Å². The van der Waals surface area contributed by atoms with Crippen molar-refractivity contribution < 1.29 is 4.79 Å². The number of amides is 1. The molecular weight excluding hydrogens is 154 g/mol. The molecule has 1 N–H and O–H groups in total. The molecule has 0 fully saturated rings. The Balaban J connectivity index is 2.59. The first-order chi connectivity index (χ1) is 5.75. The van der Waals surface area contributed by atoms with Crippen molar-refractivity contribution in [1.82, 2.24) is 15.1 Å². The second-order valence-electron chi connectivity index (χ2n) is 2.70. The zero-order valence-corrected chi connectivity index (χ0v) is 7.37. The predicted molar refractivity (Wildman–Crippen MR) is 45.8 cm³/mol. The third kappa shape index (κ3) is 1.84. The summed E-state index contributed by atoms with van der Waals surface area (Å²) in [6.07, 6.45) is 2.55. The third-order valence-corrected chi connectivity index (χ3v) is 1.64. The first-order valence-corrected chi connectivity index (χ1v) is 4.00. The molecule has 1 amide bonds. The van der Waals surface area contributed by atoms with E-state index in [0.717, 1.165) is 13.0 Å². The summed E-state index contributed by atoms with van der Waals surface area (Å²) in [6, 6.07) is 1.68. The number of H-pyrrole nitrogens is 1. The van der Waals surface area contributed by atoms with E-state index in [4.69, 9.17) is 0 Å². The van der Waals surface area contributed by atoms with Gasteiger partial charge < -0.3 is 4.90 Å². The average molecular weight is 167 g/mol. The van der Waals surface area contributed by atoms with E-state index in [1.165, 1.54) is 0 Å². The Labute approximate surface area is 71.6 Å². The van der Waals surface area contributed by atoms with Gasteiger partial charge in [-0.25, -0.2) is 0 Å². The fourth-order valence-electron chi connectivity index (χ4n) is 1.02. The molecule has 66 valence electrons. The summed E-state index contributed by atoms with van der Waals surface area (Å²) in [7, 11) is 1.78. The van der Waals surface area contributed by atoms with Crippen LogP contribution in [0.15, 0.2) is 12.3 Å². The van der Waals surface area contributed by atoms with E-state index in [2.05, 4.69) is 10.2 Å². The van der Waals surface area contributed by atoms with Crippen molar-refractivity contribution in [3.05, 3.63) is 18.0 Å². The molecule has 0 aliphatic heterocycles. The Morgan fingerprint density at radius 2 is 2.50 bits per heavy atom. The Kier molecular flexibility index (Phi) is 2.85. The molecule has 4 nitrogen and oxygen atoms in total. The van der Waals surface area contributed by atoms with E-state index in [1.54, 1.807) is 24.2 Å². The molecular formula is C8H13N3O. The van der Waals surface area contributed by atoms with E-state index in [1.807, 2.05) is 6.92 Å². The van der Waals surface area contributed by atoms with Gasteiger partial charge in [0.25, 0.3) is 5.91 Å². The van der Waals surface area contributed by atoms with Gasteiger partial charge in [0.1, 0.15) is 5.69 Å². The summed E-state index contributed by atoms with van der Waals surface area (Å²) in [5.41, 5.74) is 0.547. The minimum absolute atomic E-state index is 0.00523. The molecule has 0 saturated carbocycles. The van der Waals surface area contributed by atoms with Gasteiger partial charge in [0, 0.05) is 19.8 Å². The lowest BCUT2D eigenvalue weighted by atomic mass is 10.3. The standard InChI is InChI=1S/C8H13N3O/c1-3-6-11(2)8(12)7-4-5-9-10-7/h4-5H,3,6H2,1-2H3,(H,9,10). The van der Waals surface area contributed by atoms with Gasteiger partial charge in [0.05, 0.1) is 0 Å². The number of nitrogens with zero attached hydrogens (tertiary/aromatic N) is 2. The molecule has 0 aliphatic rings. The normalized spacial score (nSPS) is 9.83. The molecule has 0 aliphatic carbocycles. The van der Waals surface area contributed by atoms with Crippen LogP contribution in [0.5, 0.6) is 0 Å². The number of aromatic nitrogens is 2. The van der Waals surface area contributed by atoms with Crippen LogP contribution in [-0.4, -0.2) is 34.6 Å². The maximum Gasteiger partial charge on any atom is 0.271 e. The van der Waals surface area contributed by atoms with E-state index in [0.29, 0.717) is 5.69 Å². The van der Waals surface area contributed by atoms with Crippen LogP contribution in [0, 0.1) is 0 Å². The number of hydrogen-bond donors (Lipinski definition) is 1. The Morgan fingerprint density at radius 1 is 1.75 bits per heavy atom. The van der Waals surface area contributed by atoms with Gasteiger partial charge >= 0.3 is 0 Å². The first kappa shape index (κ1) is 8.77. The Morgan fingerprint density at radius 3 is 3.00 bits per heavy atom. The predicted octanol–water partition coefficient (Wildman–Crippen LogP) is 0.892. The zero-order chi connectivity index (χ0) is 8.97. The molecule has 0 unspecified atom stereocenters. The minimum Gasteiger partial charge on any atom is -0.340 e. The summed E-state index contributed by atoms with van der Waals surface area (Å²) in [5.74, 6) is -0.00523. The van der Waals surface area contributed by atoms with Crippen molar-refractivity contribution in [2.45, 2.75) is 13.3 Å². The Hall–Kier alpha value is -1.32. The van der Waals surface area contributed by atoms with Crippen LogP contribution in [0.2, 0.25) is 0 Å². The van der Waals surface area contributed by atoms with E-state index < -0.39 is 0 Å². The molecule has 12 heavy (non-hydrogen) atoms. The molecule has 0 spiro atoms. The number of carbonyl (C=O) groups excluding carboxylic acids is 1. The minimum atomic E-state index is -0.00523. The summed E-state index contributed by atoms with van der Waals surface area (Å²) in [6.45, 7) is 2.81. The van der Waals surface area contributed by atoms with Gasteiger partial charge in [-0.2, -0.15) is 5.10 Å². The molecule has 0 saturated heterocycles. The van der Waals surface area contributed by atoms with Crippen LogP contribution in [0.25, 0.3) is 0 Å². The maximum absolute atomic E-state index is 11.5. The van der Waals surface area contributed by atoms with Gasteiger partial charge in [0.2, 0.25) is 0 Å². The number of rotatable bonds is 3. The molecule has 0 radical (unpaired) electrons. The van der Waals surface area contributed by atoms with Crippen molar-refractivity contribution in [3.63, 3.8) is 0 Å². The van der Waals surface area contributed by atoms with Crippen LogP contribution < -0.4 is 0 Å². The monoisotopic (exact) mass is 167 g/mol. The molecule has 0 atom stereocenters. The summed E-state index contributed by atoms with van der Waals surface area (Å²) in [5, 5.41) is 6.35. The molecule has 1 heterocycles. The lowest BCUT2D eigenvalue weighted by Gasteiger charge is -2.14. The summed E-state index contributed by atoms with van der Waals surface area (Å²) >= 11 is 0. The quantitative estimate of drug-likeness (QED) is 0.726. The van der Waals surface area contributed by atoms with Gasteiger partial charge in [-0.05, 0) is 12.5 Å². The largest absolute Gasteiger partial charge is 0.340 e. The van der Waals surface area contributed by atoms with Crippen molar-refractivity contribution in [2.75, 3.05) is 13.6 Å². The van der Waals surface area contributed by atoms with Crippen molar-refractivity contribution in [1.29, 1.82) is 0 Å². The van der Waals surface area contributed by atoms with Crippen LogP contribution in [0.3, 0.4) is 0 Å². The van der Waals surface area contributed by atoms with Crippen LogP contribution >= 0.6 is 0 Å². The lowest BCUT2D eigenvalue weighted by molar-refractivity contribution is 0.0789. The number of aromatic amines is 1. The molecule has 1 aromatic heterocycles. The van der Waals surface area contributed by atoms with Crippen molar-refractivity contribution in [3.8, 4) is 0 Å². The smallest absolute Gasteiger partial charge is 0.271 e. The molecule has 0 aromatic carbocycles. The van der Waals surface area contributed by atoms with Crippen LogP contribution in [-0.2, 0) is 0 Å². The van der Waals surface area contributed by atoms with Crippen molar-refractivity contribution >= 4 is 5.91 Å². The summed E-state index contributed by atoms with van der Waals surface area (Å²) < 4.78 is 0. The Bertz CT molecular complexity index is 243. The zero-order valence-electron chi connectivity index (χ0n) is 7.37. The van der Waals surface area contributed by atoms with Gasteiger partial charge in [-0.3, -0.25) is 9.89 Å². The second kappa shape index (κ2) is 3.90. The first-order valence-electron chi connectivity index (χ1n) is 4.00. The SMILES string of the molecule is CCCN(C)C(=O)c1ccn[nH]1. The van der Waals surface area contributed by atoms with Crippen molar-refractivity contribution in [2.24, 2.45) is 0 Å². The van der Waals surface area contributed by atoms with Crippen LogP contribution in [0.1, 0.15) is 23.8 Å². The van der Waals surface area contributed by atoms with Crippen LogP contribution in [0.4, 0.5) is 0 Å². The highest BCUT2D eigenvalue weighted by atomic mass is 16.2. The third-order valence-electron chi connectivity index (χ3n) is 1.64. The second-order valence-corrected chi connectivity index (χ2v) is 2.70. The molecule has 4 heteroatoms. The lowest BCUT2D eigenvalue weighted by Crippen LogP contribution is -2.27. The number of hydrogen-bond acceptors (Lipinski definition) is 2. The fraction of sp³-hybridized carbons (Fsp3) is 0.500. The summed E-state index contributed by atoms with van der Waals surface area (Å²) in [4.78, 5) is 13.1. The van der Waals surface area contributed by atoms with Gasteiger partial charge in [-0.1, -0.05) is 6.92 Å². The number of nitrogens with one attached hydrogen (secondary N) is 1. The van der Waals surface area contributed by atoms with E-state index in [-0.39, 0.29) is 5.91 Å². The highest BCUT2D eigenvalue weighted by Crippen LogP contribution is 1.98. The van der Waals surface area contributed by atoms with E-state index in [9.17, 15) is 4.79 Å². The average Bonchev–Trinajstić information content (AvgIpc) is 2.55. The van der Waals surface area contributed by atoms with Gasteiger partial charge in [0.15, 0.2) is 0 Å². The maximum atomic E-state index is 11.5. The highest BCUT2D eigenvalue weighted by Gasteiger charge is 2.10. The molecule has 0 bridgehead atoms. The molecule has 1 rings (SSSR count).